The van der Waals surface area contributed by atoms with Gasteiger partial charge in [-0.15, -0.1) is 0 Å². The van der Waals surface area contributed by atoms with Crippen LogP contribution in [0.15, 0.2) is 42.5 Å². The fourth-order valence-electron chi connectivity index (χ4n) is 3.06. The van der Waals surface area contributed by atoms with Crippen molar-refractivity contribution in [2.45, 2.75) is 40.3 Å². The lowest BCUT2D eigenvalue weighted by atomic mass is 10.1. The number of nitrogens with zero attached hydrogens (tertiary/aromatic N) is 1. The van der Waals surface area contributed by atoms with Gasteiger partial charge in [-0.25, -0.2) is 0 Å². The minimum Gasteiger partial charge on any atom is -0.493 e. The van der Waals surface area contributed by atoms with Crippen molar-refractivity contribution >= 4 is 0 Å². The van der Waals surface area contributed by atoms with Gasteiger partial charge < -0.3 is 19.7 Å². The lowest BCUT2D eigenvalue weighted by Gasteiger charge is -2.18. The summed E-state index contributed by atoms with van der Waals surface area (Å²) in [4.78, 5) is 2.45. The van der Waals surface area contributed by atoms with Crippen molar-refractivity contribution in [1.29, 1.82) is 0 Å². The second kappa shape index (κ2) is 11.6. The topological polar surface area (TPSA) is 33.7 Å². The van der Waals surface area contributed by atoms with E-state index in [1.54, 1.807) is 7.11 Å². The molecule has 0 atom stereocenters. The van der Waals surface area contributed by atoms with Crippen LogP contribution in [0.3, 0.4) is 0 Å². The summed E-state index contributed by atoms with van der Waals surface area (Å²) < 4.78 is 11.7. The highest BCUT2D eigenvalue weighted by molar-refractivity contribution is 5.46. The van der Waals surface area contributed by atoms with Crippen LogP contribution in [0.4, 0.5) is 0 Å². The van der Waals surface area contributed by atoms with E-state index < -0.39 is 0 Å². The summed E-state index contributed by atoms with van der Waals surface area (Å²) in [7, 11) is 1.69. The molecule has 4 heteroatoms. The molecule has 0 aliphatic carbocycles. The van der Waals surface area contributed by atoms with Gasteiger partial charge in [-0.2, -0.15) is 0 Å². The average molecular weight is 371 g/mol. The number of hydrogen-bond acceptors (Lipinski definition) is 4. The Balaban J connectivity index is 1.92. The molecule has 0 fully saturated rings. The number of ether oxygens (including phenoxy) is 2. The van der Waals surface area contributed by atoms with E-state index in [9.17, 15) is 0 Å². The van der Waals surface area contributed by atoms with Gasteiger partial charge in [0.15, 0.2) is 11.5 Å². The SMILES string of the molecule is CCN(CC)CCCNCc1cccc(OC)c1OCc1ccc(C)cc1. The molecule has 0 radical (unpaired) electrons. The molecule has 0 spiro atoms. The molecule has 2 aromatic carbocycles. The highest BCUT2D eigenvalue weighted by Gasteiger charge is 2.11. The predicted molar refractivity (Wildman–Crippen MR) is 113 cm³/mol. The van der Waals surface area contributed by atoms with E-state index in [-0.39, 0.29) is 0 Å². The molecule has 0 aromatic heterocycles. The van der Waals surface area contributed by atoms with Crippen molar-refractivity contribution in [1.82, 2.24) is 10.2 Å². The van der Waals surface area contributed by atoms with E-state index in [4.69, 9.17) is 9.47 Å². The molecule has 0 amide bonds. The van der Waals surface area contributed by atoms with Crippen molar-refractivity contribution in [3.8, 4) is 11.5 Å². The molecule has 0 aliphatic rings. The van der Waals surface area contributed by atoms with Crippen LogP contribution >= 0.6 is 0 Å². The second-order valence-corrected chi connectivity index (χ2v) is 6.78. The highest BCUT2D eigenvalue weighted by Crippen LogP contribution is 2.31. The molecule has 148 valence electrons. The number of para-hydroxylation sites is 1. The first-order valence-corrected chi connectivity index (χ1v) is 9.95. The molecule has 0 unspecified atom stereocenters. The zero-order valence-electron chi connectivity index (χ0n) is 17.3. The first-order chi connectivity index (χ1) is 13.2. The third-order valence-electron chi connectivity index (χ3n) is 4.82. The van der Waals surface area contributed by atoms with Crippen LogP contribution in [-0.4, -0.2) is 38.2 Å². The van der Waals surface area contributed by atoms with Gasteiger partial charge >= 0.3 is 0 Å². The van der Waals surface area contributed by atoms with Crippen molar-refractivity contribution in [3.63, 3.8) is 0 Å². The van der Waals surface area contributed by atoms with E-state index in [1.165, 1.54) is 5.56 Å². The maximum absolute atomic E-state index is 6.14. The largest absolute Gasteiger partial charge is 0.493 e. The summed E-state index contributed by atoms with van der Waals surface area (Å²) in [5.74, 6) is 1.61. The molecule has 4 nitrogen and oxygen atoms in total. The third-order valence-corrected chi connectivity index (χ3v) is 4.82. The van der Waals surface area contributed by atoms with Gasteiger partial charge in [0.2, 0.25) is 0 Å². The van der Waals surface area contributed by atoms with Crippen LogP contribution in [-0.2, 0) is 13.2 Å². The Morgan fingerprint density at radius 2 is 1.74 bits per heavy atom. The Kier molecular flexibility index (Phi) is 9.16. The lowest BCUT2D eigenvalue weighted by Crippen LogP contribution is -2.27. The van der Waals surface area contributed by atoms with Gasteiger partial charge in [-0.05, 0) is 51.2 Å². The zero-order chi connectivity index (χ0) is 19.5. The number of nitrogens with one attached hydrogen (secondary N) is 1. The lowest BCUT2D eigenvalue weighted by molar-refractivity contribution is 0.280. The third kappa shape index (κ3) is 6.89. The van der Waals surface area contributed by atoms with E-state index in [0.29, 0.717) is 6.61 Å². The van der Waals surface area contributed by atoms with Crippen molar-refractivity contribution in [2.24, 2.45) is 0 Å². The molecular weight excluding hydrogens is 336 g/mol. The summed E-state index contributed by atoms with van der Waals surface area (Å²) in [5, 5.41) is 3.54. The Labute approximate surface area is 164 Å². The highest BCUT2D eigenvalue weighted by atomic mass is 16.5. The maximum Gasteiger partial charge on any atom is 0.166 e. The van der Waals surface area contributed by atoms with Crippen LogP contribution in [0.25, 0.3) is 0 Å². The van der Waals surface area contributed by atoms with E-state index >= 15 is 0 Å². The number of rotatable bonds is 12. The molecule has 0 aliphatic heterocycles. The predicted octanol–water partition coefficient (Wildman–Crippen LogP) is 4.40. The van der Waals surface area contributed by atoms with Crippen LogP contribution < -0.4 is 14.8 Å². The quantitative estimate of drug-likeness (QED) is 0.561. The number of aryl methyl sites for hydroxylation is 1. The summed E-state index contributed by atoms with van der Waals surface area (Å²) in [6, 6.07) is 14.5. The average Bonchev–Trinajstić information content (AvgIpc) is 2.70. The molecule has 0 heterocycles. The second-order valence-electron chi connectivity index (χ2n) is 6.78. The van der Waals surface area contributed by atoms with Crippen molar-refractivity contribution < 1.29 is 9.47 Å². The van der Waals surface area contributed by atoms with Crippen LogP contribution in [0.1, 0.15) is 37.0 Å². The van der Waals surface area contributed by atoms with E-state index in [1.807, 2.05) is 12.1 Å². The normalized spacial score (nSPS) is 11.0. The standard InChI is InChI=1S/C23H34N2O2/c1-5-25(6-2)16-8-15-24-17-21-9-7-10-22(26-4)23(21)27-18-20-13-11-19(3)12-14-20/h7,9-14,24H,5-6,8,15-18H2,1-4H3. The Morgan fingerprint density at radius 1 is 1.00 bits per heavy atom. The molecule has 2 rings (SSSR count). The fourth-order valence-corrected chi connectivity index (χ4v) is 3.06. The van der Waals surface area contributed by atoms with Crippen molar-refractivity contribution in [2.75, 3.05) is 33.3 Å². The number of benzene rings is 2. The Morgan fingerprint density at radius 3 is 2.41 bits per heavy atom. The summed E-state index contributed by atoms with van der Waals surface area (Å²) in [5.41, 5.74) is 3.54. The first-order valence-electron chi connectivity index (χ1n) is 9.95. The Hall–Kier alpha value is -2.04. The van der Waals surface area contributed by atoms with E-state index in [2.05, 4.69) is 61.3 Å². The minimum atomic E-state index is 0.537. The molecule has 1 N–H and O–H groups in total. The van der Waals surface area contributed by atoms with Gasteiger partial charge in [0.1, 0.15) is 6.61 Å². The maximum atomic E-state index is 6.14. The molecule has 2 aromatic rings. The molecule has 27 heavy (non-hydrogen) atoms. The van der Waals surface area contributed by atoms with Gasteiger partial charge in [-0.3, -0.25) is 0 Å². The van der Waals surface area contributed by atoms with Crippen molar-refractivity contribution in [3.05, 3.63) is 59.2 Å². The summed E-state index contributed by atoms with van der Waals surface area (Å²) >= 11 is 0. The van der Waals surface area contributed by atoms with Gasteiger partial charge in [0.05, 0.1) is 7.11 Å². The number of methoxy groups -OCH3 is 1. The molecule has 0 saturated carbocycles. The van der Waals surface area contributed by atoms with Gasteiger partial charge in [-0.1, -0.05) is 55.8 Å². The van der Waals surface area contributed by atoms with Gasteiger partial charge in [0, 0.05) is 12.1 Å². The van der Waals surface area contributed by atoms with Gasteiger partial charge in [0.25, 0.3) is 0 Å². The molecular formula is C23H34N2O2. The van der Waals surface area contributed by atoms with Crippen LogP contribution in [0.5, 0.6) is 11.5 Å². The first kappa shape index (κ1) is 21.3. The van der Waals surface area contributed by atoms with E-state index in [0.717, 1.165) is 61.8 Å². The molecule has 0 saturated heterocycles. The summed E-state index contributed by atoms with van der Waals surface area (Å²) in [6.45, 7) is 12.2. The smallest absolute Gasteiger partial charge is 0.166 e. The Bertz CT molecular complexity index is 667. The number of hydrogen-bond donors (Lipinski definition) is 1. The van der Waals surface area contributed by atoms with Crippen LogP contribution in [0, 0.1) is 6.92 Å². The fraction of sp³-hybridized carbons (Fsp3) is 0.478. The molecule has 0 bridgehead atoms. The monoisotopic (exact) mass is 370 g/mol. The summed E-state index contributed by atoms with van der Waals surface area (Å²) in [6.07, 6.45) is 1.14. The van der Waals surface area contributed by atoms with Crippen LogP contribution in [0.2, 0.25) is 0 Å². The zero-order valence-corrected chi connectivity index (χ0v) is 17.3. The minimum absolute atomic E-state index is 0.537.